The van der Waals surface area contributed by atoms with E-state index in [1.165, 1.54) is 0 Å². The van der Waals surface area contributed by atoms with Crippen LogP contribution in [0.15, 0.2) is 59.9 Å². The molecule has 0 radical (unpaired) electrons. The third-order valence-electron chi connectivity index (χ3n) is 2.72. The number of guanidine groups is 1. The van der Waals surface area contributed by atoms with Gasteiger partial charge in [0, 0.05) is 18.1 Å². The van der Waals surface area contributed by atoms with E-state index in [0.29, 0.717) is 5.96 Å². The monoisotopic (exact) mass is 265 g/mol. The molecule has 20 heavy (non-hydrogen) atoms. The van der Waals surface area contributed by atoms with Crippen LogP contribution in [-0.2, 0) is 0 Å². The van der Waals surface area contributed by atoms with Crippen molar-refractivity contribution in [3.63, 3.8) is 0 Å². The fraction of sp³-hybridized carbons (Fsp3) is 0.133. The van der Waals surface area contributed by atoms with Crippen LogP contribution in [0.25, 0.3) is 0 Å². The van der Waals surface area contributed by atoms with Gasteiger partial charge in [0.25, 0.3) is 0 Å². The van der Waals surface area contributed by atoms with Gasteiger partial charge >= 0.3 is 0 Å². The lowest BCUT2D eigenvalue weighted by atomic mass is 10.1. The fourth-order valence-corrected chi connectivity index (χ4v) is 1.72. The lowest BCUT2D eigenvalue weighted by Gasteiger charge is -2.11. The van der Waals surface area contributed by atoms with Crippen LogP contribution in [0.1, 0.15) is 18.5 Å². The Hall–Kier alpha value is -2.87. The van der Waals surface area contributed by atoms with Crippen molar-refractivity contribution in [2.75, 3.05) is 5.32 Å². The van der Waals surface area contributed by atoms with E-state index >= 15 is 0 Å². The molecule has 100 valence electrons. The van der Waals surface area contributed by atoms with Gasteiger partial charge < -0.3 is 5.32 Å². The quantitative estimate of drug-likeness (QED) is 0.387. The van der Waals surface area contributed by atoms with E-state index in [1.807, 2.05) is 55.6 Å². The molecule has 1 aromatic carbocycles. The van der Waals surface area contributed by atoms with E-state index < -0.39 is 0 Å². The molecule has 0 unspecified atom stereocenters. The molecule has 1 aromatic heterocycles. The average molecular weight is 265 g/mol. The molecule has 1 heterocycles. The molecule has 5 nitrogen and oxygen atoms in total. The van der Waals surface area contributed by atoms with Crippen molar-refractivity contribution in [1.29, 1.82) is 5.26 Å². The number of hydrogen-bond donors (Lipinski definition) is 2. The second-order valence-corrected chi connectivity index (χ2v) is 4.16. The largest absolute Gasteiger partial charge is 0.325 e. The number of anilines is 1. The van der Waals surface area contributed by atoms with Gasteiger partial charge in [0.05, 0.1) is 6.04 Å². The highest BCUT2D eigenvalue weighted by Gasteiger charge is 2.05. The second kappa shape index (κ2) is 6.90. The van der Waals surface area contributed by atoms with Crippen LogP contribution < -0.4 is 10.6 Å². The number of aromatic nitrogens is 1. The topological polar surface area (TPSA) is 73.1 Å². The standard InChI is InChI=1S/C15H15N5/c1-12(13-5-3-2-4-6-13)19-15(18-11-16)20-14-7-9-17-10-8-14/h2-10,12H,1H3,(H2,17,18,19,20)/t12-/m1/s1. The van der Waals surface area contributed by atoms with Gasteiger partial charge in [-0.2, -0.15) is 5.26 Å². The number of nitriles is 1. The van der Waals surface area contributed by atoms with E-state index in [9.17, 15) is 0 Å². The first kappa shape index (κ1) is 13.6. The Morgan fingerprint density at radius 1 is 1.20 bits per heavy atom. The van der Waals surface area contributed by atoms with Crippen LogP contribution in [0.2, 0.25) is 0 Å². The molecule has 0 spiro atoms. The van der Waals surface area contributed by atoms with Crippen LogP contribution in [-0.4, -0.2) is 10.9 Å². The van der Waals surface area contributed by atoms with Gasteiger partial charge in [-0.15, -0.1) is 0 Å². The first-order valence-electron chi connectivity index (χ1n) is 6.24. The van der Waals surface area contributed by atoms with Gasteiger partial charge in [0.15, 0.2) is 6.19 Å². The molecule has 0 aliphatic carbocycles. The lowest BCUT2D eigenvalue weighted by molar-refractivity contribution is 0.813. The van der Waals surface area contributed by atoms with E-state index in [0.717, 1.165) is 11.3 Å². The molecule has 0 bridgehead atoms. The van der Waals surface area contributed by atoms with Crippen LogP contribution >= 0.6 is 0 Å². The van der Waals surface area contributed by atoms with Crippen molar-refractivity contribution in [2.45, 2.75) is 13.0 Å². The minimum atomic E-state index is -0.0543. The molecule has 0 fully saturated rings. The summed E-state index contributed by atoms with van der Waals surface area (Å²) in [6, 6.07) is 13.5. The number of aliphatic imine (C=N–C) groups is 1. The maximum atomic E-state index is 8.80. The molecular weight excluding hydrogens is 250 g/mol. The van der Waals surface area contributed by atoms with E-state index in [1.54, 1.807) is 12.4 Å². The predicted molar refractivity (Wildman–Crippen MR) is 78.9 cm³/mol. The normalized spacial score (nSPS) is 12.3. The smallest absolute Gasteiger partial charge is 0.209 e. The van der Waals surface area contributed by atoms with Crippen LogP contribution in [0.3, 0.4) is 0 Å². The van der Waals surface area contributed by atoms with E-state index in [2.05, 4.69) is 20.6 Å². The fourth-order valence-electron chi connectivity index (χ4n) is 1.72. The highest BCUT2D eigenvalue weighted by atomic mass is 15.2. The zero-order valence-corrected chi connectivity index (χ0v) is 11.1. The first-order valence-corrected chi connectivity index (χ1v) is 6.24. The number of nitrogens with zero attached hydrogens (tertiary/aromatic N) is 3. The summed E-state index contributed by atoms with van der Waals surface area (Å²) in [5, 5.41) is 14.4. The summed E-state index contributed by atoms with van der Waals surface area (Å²) in [4.78, 5) is 8.43. The molecule has 2 aromatic rings. The average Bonchev–Trinajstić information content (AvgIpc) is 2.49. The van der Waals surface area contributed by atoms with Crippen molar-refractivity contribution >= 4 is 11.6 Å². The van der Waals surface area contributed by atoms with Crippen LogP contribution in [0, 0.1) is 11.5 Å². The van der Waals surface area contributed by atoms with E-state index in [-0.39, 0.29) is 6.04 Å². The summed E-state index contributed by atoms with van der Waals surface area (Å²) in [5.74, 6) is 0.412. The molecule has 0 amide bonds. The first-order chi connectivity index (χ1) is 9.79. The number of hydrogen-bond acceptors (Lipinski definition) is 3. The molecule has 0 saturated carbocycles. The highest BCUT2D eigenvalue weighted by molar-refractivity contribution is 5.94. The summed E-state index contributed by atoms with van der Waals surface area (Å²) in [7, 11) is 0. The minimum Gasteiger partial charge on any atom is -0.325 e. The van der Waals surface area contributed by atoms with Gasteiger partial charge in [-0.1, -0.05) is 30.3 Å². The molecule has 0 aliphatic heterocycles. The lowest BCUT2D eigenvalue weighted by Crippen LogP contribution is -2.27. The third-order valence-corrected chi connectivity index (χ3v) is 2.72. The van der Waals surface area contributed by atoms with Crippen molar-refractivity contribution in [1.82, 2.24) is 10.3 Å². The zero-order valence-electron chi connectivity index (χ0n) is 11.1. The molecule has 5 heteroatoms. The molecular formula is C15H15N5. The summed E-state index contributed by atoms with van der Waals surface area (Å²) in [5.41, 5.74) is 1.91. The SMILES string of the molecule is C[C@@H](N=C(NC#N)Nc1ccncc1)c1ccccc1. The van der Waals surface area contributed by atoms with Crippen molar-refractivity contribution in [2.24, 2.45) is 4.99 Å². The molecule has 1 atom stereocenters. The van der Waals surface area contributed by atoms with Crippen molar-refractivity contribution in [3.8, 4) is 6.19 Å². The van der Waals surface area contributed by atoms with Gasteiger partial charge in [0.1, 0.15) is 0 Å². The Morgan fingerprint density at radius 2 is 1.90 bits per heavy atom. The number of pyridine rings is 1. The Kier molecular flexibility index (Phi) is 4.68. The van der Waals surface area contributed by atoms with Crippen molar-refractivity contribution in [3.05, 3.63) is 60.4 Å². The van der Waals surface area contributed by atoms with Gasteiger partial charge in [-0.25, -0.2) is 4.99 Å². The maximum Gasteiger partial charge on any atom is 0.209 e. The zero-order chi connectivity index (χ0) is 14.2. The third kappa shape index (κ3) is 3.82. The summed E-state index contributed by atoms with van der Waals surface area (Å²) in [6.07, 6.45) is 5.23. The minimum absolute atomic E-state index is 0.0543. The van der Waals surface area contributed by atoms with Gasteiger partial charge in [-0.05, 0) is 24.6 Å². The Balaban J connectivity index is 2.16. The Bertz CT molecular complexity index is 601. The van der Waals surface area contributed by atoms with Crippen molar-refractivity contribution < 1.29 is 0 Å². The maximum absolute atomic E-state index is 8.80. The summed E-state index contributed by atoms with van der Waals surface area (Å²) < 4.78 is 0. The number of rotatable bonds is 3. The number of benzene rings is 1. The second-order valence-electron chi connectivity index (χ2n) is 4.16. The highest BCUT2D eigenvalue weighted by Crippen LogP contribution is 2.16. The van der Waals surface area contributed by atoms with Gasteiger partial charge in [-0.3, -0.25) is 10.3 Å². The van der Waals surface area contributed by atoms with Crippen LogP contribution in [0.5, 0.6) is 0 Å². The summed E-state index contributed by atoms with van der Waals surface area (Å²) >= 11 is 0. The van der Waals surface area contributed by atoms with E-state index in [4.69, 9.17) is 5.26 Å². The predicted octanol–water partition coefficient (Wildman–Crippen LogP) is 2.68. The van der Waals surface area contributed by atoms with Crippen LogP contribution in [0.4, 0.5) is 5.69 Å². The molecule has 0 aliphatic rings. The Labute approximate surface area is 118 Å². The molecule has 2 N–H and O–H groups in total. The number of nitrogens with one attached hydrogen (secondary N) is 2. The molecule has 0 saturated heterocycles. The molecule has 2 rings (SSSR count). The Morgan fingerprint density at radius 3 is 2.55 bits per heavy atom. The van der Waals surface area contributed by atoms with Gasteiger partial charge in [0.2, 0.25) is 5.96 Å². The summed E-state index contributed by atoms with van der Waals surface area (Å²) in [6.45, 7) is 1.97.